The van der Waals surface area contributed by atoms with Crippen LogP contribution in [0.4, 0.5) is 4.79 Å². The molecule has 5 heteroatoms. The fourth-order valence-electron chi connectivity index (χ4n) is 1.34. The predicted octanol–water partition coefficient (Wildman–Crippen LogP) is 2.07. The van der Waals surface area contributed by atoms with Gasteiger partial charge in [-0.3, -0.25) is 4.79 Å². The Labute approximate surface area is 103 Å². The van der Waals surface area contributed by atoms with Crippen LogP contribution in [-0.2, 0) is 4.79 Å². The second-order valence-corrected chi connectivity index (χ2v) is 6.15. The predicted molar refractivity (Wildman–Crippen MR) is 67.0 cm³/mol. The Morgan fingerprint density at radius 3 is 1.88 bits per heavy atom. The van der Waals surface area contributed by atoms with Crippen molar-refractivity contribution in [2.75, 3.05) is 6.54 Å². The Bertz CT molecular complexity index is 287. The van der Waals surface area contributed by atoms with Gasteiger partial charge in [-0.25, -0.2) is 4.79 Å². The minimum Gasteiger partial charge on any atom is -0.481 e. The van der Waals surface area contributed by atoms with Gasteiger partial charge < -0.3 is 15.3 Å². The Morgan fingerprint density at radius 2 is 1.59 bits per heavy atom. The monoisotopic (exact) mass is 244 g/mol. The first-order chi connectivity index (χ1) is 7.43. The van der Waals surface area contributed by atoms with Gasteiger partial charge in [0.15, 0.2) is 0 Å². The number of amides is 2. The van der Waals surface area contributed by atoms with E-state index in [1.807, 2.05) is 41.5 Å². The molecule has 0 aromatic rings. The number of carbonyl (C=O) groups is 2. The highest BCUT2D eigenvalue weighted by molar-refractivity contribution is 5.76. The molecule has 0 heterocycles. The molecule has 0 rings (SSSR count). The zero-order valence-corrected chi connectivity index (χ0v) is 11.6. The summed E-state index contributed by atoms with van der Waals surface area (Å²) in [7, 11) is 0. The molecular formula is C12H24N2O3. The average molecular weight is 244 g/mol. The van der Waals surface area contributed by atoms with Gasteiger partial charge in [-0.2, -0.15) is 0 Å². The van der Waals surface area contributed by atoms with Crippen LogP contribution in [0, 0.1) is 0 Å². The summed E-state index contributed by atoms with van der Waals surface area (Å²) in [5.74, 6) is -0.900. The molecule has 0 fully saturated rings. The first-order valence-corrected chi connectivity index (χ1v) is 5.75. The SMILES string of the molecule is CC(C)(C)NC(=O)N(CCC(=O)O)C(C)(C)C. The van der Waals surface area contributed by atoms with Gasteiger partial charge in [0.25, 0.3) is 0 Å². The van der Waals surface area contributed by atoms with Gasteiger partial charge in [-0.1, -0.05) is 0 Å². The number of carbonyl (C=O) groups excluding carboxylic acids is 1. The number of nitrogens with zero attached hydrogens (tertiary/aromatic N) is 1. The van der Waals surface area contributed by atoms with Gasteiger partial charge in [-0.15, -0.1) is 0 Å². The van der Waals surface area contributed by atoms with Crippen molar-refractivity contribution in [3.63, 3.8) is 0 Å². The number of carboxylic acids is 1. The zero-order chi connectivity index (χ0) is 13.9. The molecule has 0 aliphatic rings. The van der Waals surface area contributed by atoms with E-state index in [2.05, 4.69) is 5.32 Å². The molecule has 0 bridgehead atoms. The van der Waals surface area contributed by atoms with Crippen LogP contribution in [0.25, 0.3) is 0 Å². The lowest BCUT2D eigenvalue weighted by molar-refractivity contribution is -0.137. The number of nitrogens with one attached hydrogen (secondary N) is 1. The van der Waals surface area contributed by atoms with Gasteiger partial charge in [-0.05, 0) is 41.5 Å². The minimum absolute atomic E-state index is 0.0468. The Balaban J connectivity index is 4.70. The smallest absolute Gasteiger partial charge is 0.318 e. The maximum Gasteiger partial charge on any atom is 0.318 e. The van der Waals surface area contributed by atoms with Crippen LogP contribution in [0.5, 0.6) is 0 Å². The molecular weight excluding hydrogens is 220 g/mol. The summed E-state index contributed by atoms with van der Waals surface area (Å²) in [5.41, 5.74) is -0.728. The lowest BCUT2D eigenvalue weighted by atomic mass is 10.1. The van der Waals surface area contributed by atoms with Crippen molar-refractivity contribution in [3.8, 4) is 0 Å². The van der Waals surface area contributed by atoms with Gasteiger partial charge in [0.2, 0.25) is 0 Å². The van der Waals surface area contributed by atoms with E-state index in [4.69, 9.17) is 5.11 Å². The maximum atomic E-state index is 12.0. The molecule has 0 saturated heterocycles. The lowest BCUT2D eigenvalue weighted by Crippen LogP contribution is -2.55. The van der Waals surface area contributed by atoms with Crippen molar-refractivity contribution in [1.82, 2.24) is 10.2 Å². The lowest BCUT2D eigenvalue weighted by Gasteiger charge is -2.37. The summed E-state index contributed by atoms with van der Waals surface area (Å²) in [4.78, 5) is 24.2. The van der Waals surface area contributed by atoms with Crippen LogP contribution in [-0.4, -0.2) is 39.6 Å². The third-order valence-corrected chi connectivity index (χ3v) is 2.09. The van der Waals surface area contributed by atoms with E-state index in [0.29, 0.717) is 0 Å². The molecule has 0 spiro atoms. The number of rotatable bonds is 3. The van der Waals surface area contributed by atoms with E-state index in [1.165, 1.54) is 0 Å². The number of urea groups is 1. The van der Waals surface area contributed by atoms with Crippen molar-refractivity contribution < 1.29 is 14.7 Å². The van der Waals surface area contributed by atoms with Crippen LogP contribution in [0.15, 0.2) is 0 Å². The first-order valence-electron chi connectivity index (χ1n) is 5.75. The third-order valence-electron chi connectivity index (χ3n) is 2.09. The fourth-order valence-corrected chi connectivity index (χ4v) is 1.34. The largest absolute Gasteiger partial charge is 0.481 e. The molecule has 0 aromatic heterocycles. The van der Waals surface area contributed by atoms with Crippen molar-refractivity contribution in [2.24, 2.45) is 0 Å². The molecule has 5 nitrogen and oxygen atoms in total. The minimum atomic E-state index is -0.900. The molecule has 17 heavy (non-hydrogen) atoms. The quantitative estimate of drug-likeness (QED) is 0.798. The molecule has 2 amide bonds. The first kappa shape index (κ1) is 15.7. The highest BCUT2D eigenvalue weighted by Crippen LogP contribution is 2.15. The molecule has 0 aliphatic carbocycles. The number of aliphatic carboxylic acids is 1. The van der Waals surface area contributed by atoms with Gasteiger partial charge in [0.1, 0.15) is 0 Å². The molecule has 0 aliphatic heterocycles. The summed E-state index contributed by atoms with van der Waals surface area (Å²) < 4.78 is 0. The van der Waals surface area contributed by atoms with Crippen LogP contribution in [0.3, 0.4) is 0 Å². The highest BCUT2D eigenvalue weighted by atomic mass is 16.4. The topological polar surface area (TPSA) is 69.6 Å². The Morgan fingerprint density at radius 1 is 1.12 bits per heavy atom. The molecule has 0 atom stereocenters. The summed E-state index contributed by atoms with van der Waals surface area (Å²) in [6, 6.07) is -0.230. The van der Waals surface area contributed by atoms with Gasteiger partial charge >= 0.3 is 12.0 Å². The average Bonchev–Trinajstić information content (AvgIpc) is 1.96. The maximum absolute atomic E-state index is 12.0. The summed E-state index contributed by atoms with van der Waals surface area (Å²) in [6.45, 7) is 11.5. The standard InChI is InChI=1S/C12H24N2O3/c1-11(2,3)13-10(17)14(12(4,5)6)8-7-9(15)16/h7-8H2,1-6H3,(H,13,17)(H,15,16). The van der Waals surface area contributed by atoms with E-state index < -0.39 is 11.5 Å². The summed E-state index contributed by atoms with van der Waals surface area (Å²) >= 11 is 0. The molecule has 0 radical (unpaired) electrons. The summed E-state index contributed by atoms with van der Waals surface area (Å²) in [6.07, 6.45) is -0.0468. The second-order valence-electron chi connectivity index (χ2n) is 6.15. The van der Waals surface area contributed by atoms with E-state index in [0.717, 1.165) is 0 Å². The second kappa shape index (κ2) is 5.38. The molecule has 2 N–H and O–H groups in total. The fraction of sp³-hybridized carbons (Fsp3) is 0.833. The highest BCUT2D eigenvalue weighted by Gasteiger charge is 2.28. The van der Waals surface area contributed by atoms with E-state index >= 15 is 0 Å². The van der Waals surface area contributed by atoms with Crippen molar-refractivity contribution in [1.29, 1.82) is 0 Å². The van der Waals surface area contributed by atoms with Gasteiger partial charge in [0.05, 0.1) is 6.42 Å². The summed E-state index contributed by atoms with van der Waals surface area (Å²) in [5, 5.41) is 11.5. The van der Waals surface area contributed by atoms with E-state index in [1.54, 1.807) is 4.90 Å². The molecule has 0 unspecified atom stereocenters. The van der Waals surface area contributed by atoms with E-state index in [-0.39, 0.29) is 24.5 Å². The van der Waals surface area contributed by atoms with E-state index in [9.17, 15) is 9.59 Å². The number of carboxylic acid groups (broad SMARTS) is 1. The van der Waals surface area contributed by atoms with Crippen LogP contribution in [0.1, 0.15) is 48.0 Å². The van der Waals surface area contributed by atoms with Crippen molar-refractivity contribution in [3.05, 3.63) is 0 Å². The molecule has 0 aromatic carbocycles. The zero-order valence-electron chi connectivity index (χ0n) is 11.6. The van der Waals surface area contributed by atoms with Gasteiger partial charge in [0, 0.05) is 17.6 Å². The third kappa shape index (κ3) is 6.81. The molecule has 100 valence electrons. The van der Waals surface area contributed by atoms with Crippen LogP contribution in [0.2, 0.25) is 0 Å². The van der Waals surface area contributed by atoms with Crippen LogP contribution < -0.4 is 5.32 Å². The van der Waals surface area contributed by atoms with Crippen LogP contribution >= 0.6 is 0 Å². The van der Waals surface area contributed by atoms with Crippen molar-refractivity contribution in [2.45, 2.75) is 59.0 Å². The number of hydrogen-bond donors (Lipinski definition) is 2. The molecule has 0 saturated carbocycles. The Kier molecular flexibility index (Phi) is 4.98. The normalized spacial score (nSPS) is 12.1. The number of hydrogen-bond acceptors (Lipinski definition) is 2. The van der Waals surface area contributed by atoms with Crippen molar-refractivity contribution >= 4 is 12.0 Å². The Hall–Kier alpha value is -1.26.